The zero-order valence-electron chi connectivity index (χ0n) is 11.1. The van der Waals surface area contributed by atoms with Crippen LogP contribution in [0.15, 0.2) is 47.8 Å². The van der Waals surface area contributed by atoms with Crippen LogP contribution in [-0.2, 0) is 6.42 Å². The molecule has 0 aliphatic carbocycles. The summed E-state index contributed by atoms with van der Waals surface area (Å²) in [6.45, 7) is 0.460. The summed E-state index contributed by atoms with van der Waals surface area (Å²) in [5.41, 5.74) is 0.892. The molecule has 1 atom stereocenters. The van der Waals surface area contributed by atoms with Gasteiger partial charge in [-0.15, -0.1) is 11.3 Å². The van der Waals surface area contributed by atoms with E-state index in [0.717, 1.165) is 12.0 Å². The van der Waals surface area contributed by atoms with Gasteiger partial charge in [-0.05, 0) is 23.4 Å². The molecule has 20 heavy (non-hydrogen) atoms. The molecular weight excluding hydrogens is 272 g/mol. The van der Waals surface area contributed by atoms with Gasteiger partial charge in [-0.2, -0.15) is 0 Å². The van der Waals surface area contributed by atoms with Gasteiger partial charge in [0.15, 0.2) is 0 Å². The molecule has 2 amide bonds. The molecule has 4 nitrogen and oxygen atoms in total. The third-order valence-corrected chi connectivity index (χ3v) is 3.86. The SMILES string of the molecule is O=C(NCCc1cccs1)NC(CO)c1ccccc1. The zero-order valence-corrected chi connectivity index (χ0v) is 11.9. The highest BCUT2D eigenvalue weighted by molar-refractivity contribution is 7.09. The summed E-state index contributed by atoms with van der Waals surface area (Å²) in [4.78, 5) is 13.0. The van der Waals surface area contributed by atoms with Gasteiger partial charge in [0.1, 0.15) is 0 Å². The van der Waals surface area contributed by atoms with Crippen molar-refractivity contribution in [1.82, 2.24) is 10.6 Å². The van der Waals surface area contributed by atoms with Crippen molar-refractivity contribution in [2.45, 2.75) is 12.5 Å². The predicted molar refractivity (Wildman–Crippen MR) is 80.8 cm³/mol. The Morgan fingerprint density at radius 3 is 2.65 bits per heavy atom. The molecule has 2 rings (SSSR count). The second kappa shape index (κ2) is 7.67. The molecule has 0 saturated heterocycles. The Bertz CT molecular complexity index is 514. The van der Waals surface area contributed by atoms with E-state index in [1.54, 1.807) is 11.3 Å². The number of nitrogens with one attached hydrogen (secondary N) is 2. The van der Waals surface area contributed by atoms with Crippen LogP contribution in [0, 0.1) is 0 Å². The van der Waals surface area contributed by atoms with Crippen molar-refractivity contribution in [2.24, 2.45) is 0 Å². The summed E-state index contributed by atoms with van der Waals surface area (Å²) < 4.78 is 0. The van der Waals surface area contributed by atoms with Crippen molar-refractivity contribution in [3.05, 3.63) is 58.3 Å². The van der Waals surface area contributed by atoms with E-state index in [1.165, 1.54) is 4.88 Å². The molecule has 0 bridgehead atoms. The van der Waals surface area contributed by atoms with Gasteiger partial charge in [0, 0.05) is 11.4 Å². The molecule has 1 aromatic heterocycles. The van der Waals surface area contributed by atoms with Gasteiger partial charge in [-0.25, -0.2) is 4.79 Å². The molecule has 3 N–H and O–H groups in total. The van der Waals surface area contributed by atoms with Crippen LogP contribution in [0.25, 0.3) is 0 Å². The van der Waals surface area contributed by atoms with E-state index >= 15 is 0 Å². The van der Waals surface area contributed by atoms with E-state index in [4.69, 9.17) is 0 Å². The van der Waals surface area contributed by atoms with Crippen LogP contribution < -0.4 is 10.6 Å². The number of thiophene rings is 1. The Morgan fingerprint density at radius 1 is 1.20 bits per heavy atom. The van der Waals surface area contributed by atoms with Gasteiger partial charge in [0.2, 0.25) is 0 Å². The number of aliphatic hydroxyl groups is 1. The molecule has 1 unspecified atom stereocenters. The van der Waals surface area contributed by atoms with Gasteiger partial charge in [0.25, 0.3) is 0 Å². The van der Waals surface area contributed by atoms with Crippen molar-refractivity contribution < 1.29 is 9.90 Å². The summed E-state index contributed by atoms with van der Waals surface area (Å²) in [5.74, 6) is 0. The van der Waals surface area contributed by atoms with Crippen LogP contribution in [0.2, 0.25) is 0 Å². The molecule has 1 heterocycles. The van der Waals surface area contributed by atoms with Crippen LogP contribution >= 0.6 is 11.3 Å². The molecule has 106 valence electrons. The Labute approximate surface area is 122 Å². The summed E-state index contributed by atoms with van der Waals surface area (Å²) >= 11 is 1.68. The second-order valence-corrected chi connectivity index (χ2v) is 5.41. The monoisotopic (exact) mass is 290 g/mol. The second-order valence-electron chi connectivity index (χ2n) is 4.38. The number of carbonyl (C=O) groups excluding carboxylic acids is 1. The highest BCUT2D eigenvalue weighted by Crippen LogP contribution is 2.11. The standard InChI is InChI=1S/C15H18N2O2S/c18-11-14(12-5-2-1-3-6-12)17-15(19)16-9-8-13-7-4-10-20-13/h1-7,10,14,18H,8-9,11H2,(H2,16,17,19). The maximum absolute atomic E-state index is 11.8. The van der Waals surface area contributed by atoms with E-state index in [2.05, 4.69) is 10.6 Å². The molecule has 1 aromatic carbocycles. The fourth-order valence-electron chi connectivity index (χ4n) is 1.88. The van der Waals surface area contributed by atoms with Gasteiger partial charge >= 0.3 is 6.03 Å². The molecule has 0 aliphatic rings. The minimum atomic E-state index is -0.377. The fourth-order valence-corrected chi connectivity index (χ4v) is 2.59. The molecule has 0 aliphatic heterocycles. The molecular formula is C15H18N2O2S. The van der Waals surface area contributed by atoms with E-state index in [0.29, 0.717) is 6.54 Å². The largest absolute Gasteiger partial charge is 0.394 e. The molecule has 5 heteroatoms. The Hall–Kier alpha value is -1.85. The molecule has 0 radical (unpaired) electrons. The van der Waals surface area contributed by atoms with E-state index in [1.807, 2.05) is 47.8 Å². The molecule has 0 spiro atoms. The van der Waals surface area contributed by atoms with Crippen LogP contribution in [-0.4, -0.2) is 24.3 Å². The highest BCUT2D eigenvalue weighted by Gasteiger charge is 2.12. The summed E-state index contributed by atoms with van der Waals surface area (Å²) in [6, 6.07) is 12.8. The zero-order chi connectivity index (χ0) is 14.2. The number of carbonyl (C=O) groups is 1. The van der Waals surface area contributed by atoms with Crippen molar-refractivity contribution in [1.29, 1.82) is 0 Å². The fraction of sp³-hybridized carbons (Fsp3) is 0.267. The number of hydrogen-bond acceptors (Lipinski definition) is 3. The van der Waals surface area contributed by atoms with Crippen molar-refractivity contribution in [2.75, 3.05) is 13.2 Å². The number of aliphatic hydroxyl groups excluding tert-OH is 1. The minimum absolute atomic E-state index is 0.123. The quantitative estimate of drug-likeness (QED) is 0.764. The first kappa shape index (κ1) is 14.6. The lowest BCUT2D eigenvalue weighted by molar-refractivity contribution is 0.217. The van der Waals surface area contributed by atoms with Crippen LogP contribution in [0.1, 0.15) is 16.5 Å². The van der Waals surface area contributed by atoms with Gasteiger partial charge in [-0.1, -0.05) is 36.4 Å². The normalized spacial score (nSPS) is 11.8. The topological polar surface area (TPSA) is 61.4 Å². The number of benzene rings is 1. The average molecular weight is 290 g/mol. The molecule has 0 fully saturated rings. The van der Waals surface area contributed by atoms with Crippen molar-refractivity contribution in [3.63, 3.8) is 0 Å². The Morgan fingerprint density at radius 2 is 2.00 bits per heavy atom. The maximum Gasteiger partial charge on any atom is 0.315 e. The van der Waals surface area contributed by atoms with Gasteiger partial charge < -0.3 is 15.7 Å². The lowest BCUT2D eigenvalue weighted by Gasteiger charge is -2.17. The summed E-state index contributed by atoms with van der Waals surface area (Å²) in [5, 5.41) is 17.0. The lowest BCUT2D eigenvalue weighted by atomic mass is 10.1. The number of amides is 2. The van der Waals surface area contributed by atoms with Crippen molar-refractivity contribution in [3.8, 4) is 0 Å². The third kappa shape index (κ3) is 4.36. The van der Waals surface area contributed by atoms with E-state index < -0.39 is 0 Å². The molecule has 2 aromatic rings. The maximum atomic E-state index is 11.8. The summed E-state index contributed by atoms with van der Waals surface area (Å²) in [7, 11) is 0. The predicted octanol–water partition coefficient (Wildman–Crippen LogP) is 2.32. The Kier molecular flexibility index (Phi) is 5.58. The van der Waals surface area contributed by atoms with Crippen LogP contribution in [0.4, 0.5) is 4.79 Å². The van der Waals surface area contributed by atoms with Gasteiger partial charge in [-0.3, -0.25) is 0 Å². The number of hydrogen-bond donors (Lipinski definition) is 3. The first-order chi connectivity index (χ1) is 9.79. The van der Waals surface area contributed by atoms with Crippen molar-refractivity contribution >= 4 is 17.4 Å². The van der Waals surface area contributed by atoms with Crippen LogP contribution in [0.5, 0.6) is 0 Å². The molecule has 0 saturated carbocycles. The Balaban J connectivity index is 1.78. The van der Waals surface area contributed by atoms with E-state index in [9.17, 15) is 9.90 Å². The summed E-state index contributed by atoms with van der Waals surface area (Å²) in [6.07, 6.45) is 0.820. The number of rotatable bonds is 6. The van der Waals surface area contributed by atoms with E-state index in [-0.39, 0.29) is 18.7 Å². The van der Waals surface area contributed by atoms with Gasteiger partial charge in [0.05, 0.1) is 12.6 Å². The smallest absolute Gasteiger partial charge is 0.315 e. The first-order valence-electron chi connectivity index (χ1n) is 6.52. The third-order valence-electron chi connectivity index (χ3n) is 2.93. The minimum Gasteiger partial charge on any atom is -0.394 e. The highest BCUT2D eigenvalue weighted by atomic mass is 32.1. The first-order valence-corrected chi connectivity index (χ1v) is 7.40. The average Bonchev–Trinajstić information content (AvgIpc) is 2.99. The van der Waals surface area contributed by atoms with Crippen LogP contribution in [0.3, 0.4) is 0 Å². The number of urea groups is 1. The lowest BCUT2D eigenvalue weighted by Crippen LogP contribution is -2.40.